The van der Waals surface area contributed by atoms with Crippen LogP contribution in [-0.2, 0) is 11.8 Å². The van der Waals surface area contributed by atoms with E-state index in [-0.39, 0.29) is 17.6 Å². The molecular weight excluding hydrogens is 352 g/mol. The largest absolute Gasteiger partial charge is 0.496 e. The van der Waals surface area contributed by atoms with Crippen LogP contribution >= 0.6 is 27.5 Å². The number of rotatable bonds is 4. The molecule has 0 aliphatic carbocycles. The van der Waals surface area contributed by atoms with Crippen molar-refractivity contribution < 1.29 is 9.53 Å². The van der Waals surface area contributed by atoms with E-state index in [1.54, 1.807) is 7.11 Å². The summed E-state index contributed by atoms with van der Waals surface area (Å²) in [6.07, 6.45) is 0.273. The van der Waals surface area contributed by atoms with Gasteiger partial charge in [-0.05, 0) is 29.7 Å². The van der Waals surface area contributed by atoms with E-state index in [0.29, 0.717) is 10.6 Å². The molecule has 0 atom stereocenters. The summed E-state index contributed by atoms with van der Waals surface area (Å²) in [5.41, 5.74) is 1.41. The van der Waals surface area contributed by atoms with Crippen LogP contribution in [0.2, 0.25) is 0 Å². The summed E-state index contributed by atoms with van der Waals surface area (Å²) < 4.78 is 10.2. The predicted octanol–water partition coefficient (Wildman–Crippen LogP) is 4.03. The van der Waals surface area contributed by atoms with Crippen molar-refractivity contribution >= 4 is 33.2 Å². The number of carbonyl (C=O) groups excluding carboxylic acids is 1. The Morgan fingerprint density at radius 2 is 2.10 bits per heavy atom. The monoisotopic (exact) mass is 368 g/mol. The first-order valence-electron chi connectivity index (χ1n) is 6.51. The lowest BCUT2D eigenvalue weighted by Gasteiger charge is -2.16. The zero-order valence-corrected chi connectivity index (χ0v) is 14.8. The minimum Gasteiger partial charge on any atom is -0.496 e. The Bertz CT molecular complexity index is 662. The van der Waals surface area contributed by atoms with Gasteiger partial charge in [0.2, 0.25) is 0 Å². The number of Topliss-reactive ketones (excluding diaryl/α,β-unsaturated/α-hetero) is 1. The molecule has 21 heavy (non-hydrogen) atoms. The highest BCUT2D eigenvalue weighted by molar-refractivity contribution is 9.10. The molecule has 0 unspecified atom stereocenters. The van der Waals surface area contributed by atoms with Gasteiger partial charge in [0.15, 0.2) is 5.78 Å². The van der Waals surface area contributed by atoms with Crippen LogP contribution in [0.15, 0.2) is 22.7 Å². The van der Waals surface area contributed by atoms with Crippen LogP contribution in [0.25, 0.3) is 0 Å². The molecule has 6 heteroatoms. The molecule has 4 nitrogen and oxygen atoms in total. The van der Waals surface area contributed by atoms with Crippen molar-refractivity contribution in [1.82, 2.24) is 9.59 Å². The van der Waals surface area contributed by atoms with Gasteiger partial charge in [0, 0.05) is 21.9 Å². The normalized spacial score (nSPS) is 11.5. The van der Waals surface area contributed by atoms with E-state index in [1.807, 2.05) is 39.0 Å². The van der Waals surface area contributed by atoms with Gasteiger partial charge in [0.05, 0.1) is 12.8 Å². The Labute approximate surface area is 136 Å². The molecular formula is C15H17BrN2O2S. The Kier molecular flexibility index (Phi) is 4.78. The van der Waals surface area contributed by atoms with Gasteiger partial charge in [0.1, 0.15) is 10.6 Å². The third-order valence-electron chi connectivity index (χ3n) is 3.05. The van der Waals surface area contributed by atoms with E-state index < -0.39 is 0 Å². The smallest absolute Gasteiger partial charge is 0.180 e. The fraction of sp³-hybridized carbons (Fsp3) is 0.400. The van der Waals surface area contributed by atoms with Crippen LogP contribution < -0.4 is 4.74 Å². The maximum atomic E-state index is 12.6. The van der Waals surface area contributed by atoms with Gasteiger partial charge in [-0.15, -0.1) is 5.10 Å². The van der Waals surface area contributed by atoms with Crippen LogP contribution in [0.4, 0.5) is 0 Å². The number of carbonyl (C=O) groups is 1. The molecule has 0 saturated heterocycles. The molecule has 1 aromatic carbocycles. The van der Waals surface area contributed by atoms with Crippen LogP contribution in [0.1, 0.15) is 41.7 Å². The molecule has 0 aliphatic rings. The second-order valence-corrected chi connectivity index (χ2v) is 7.43. The Balaban J connectivity index is 2.31. The molecule has 0 aliphatic heterocycles. The van der Waals surface area contributed by atoms with Crippen molar-refractivity contribution in [2.75, 3.05) is 7.11 Å². The molecule has 0 fully saturated rings. The molecule has 0 N–H and O–H groups in total. The molecule has 1 heterocycles. The minimum absolute atomic E-state index is 0.0197. The highest BCUT2D eigenvalue weighted by Gasteiger charge is 2.26. The predicted molar refractivity (Wildman–Crippen MR) is 87.3 cm³/mol. The first-order valence-corrected chi connectivity index (χ1v) is 8.08. The number of ketones is 1. The molecule has 1 aromatic heterocycles. The summed E-state index contributed by atoms with van der Waals surface area (Å²) in [5, 5.41) is 4.12. The van der Waals surface area contributed by atoms with Gasteiger partial charge in [-0.25, -0.2) is 0 Å². The maximum absolute atomic E-state index is 12.6. The van der Waals surface area contributed by atoms with E-state index in [4.69, 9.17) is 4.74 Å². The topological polar surface area (TPSA) is 52.1 Å². The van der Waals surface area contributed by atoms with Crippen LogP contribution in [0.3, 0.4) is 0 Å². The number of methoxy groups -OCH3 is 1. The van der Waals surface area contributed by atoms with Gasteiger partial charge in [-0.2, -0.15) is 0 Å². The summed E-state index contributed by atoms with van der Waals surface area (Å²) in [5.74, 6) is 0.729. The van der Waals surface area contributed by atoms with E-state index in [0.717, 1.165) is 27.3 Å². The SMILES string of the molecule is COc1ccc(Br)cc1CC(=O)c1snnc1C(C)(C)C. The lowest BCUT2D eigenvalue weighted by molar-refractivity contribution is 0.0993. The third-order valence-corrected chi connectivity index (χ3v) is 4.31. The van der Waals surface area contributed by atoms with Crippen LogP contribution in [0.5, 0.6) is 5.75 Å². The van der Waals surface area contributed by atoms with Crippen molar-refractivity contribution in [2.45, 2.75) is 32.6 Å². The van der Waals surface area contributed by atoms with E-state index in [1.165, 1.54) is 0 Å². The van der Waals surface area contributed by atoms with Crippen LogP contribution in [0, 0.1) is 0 Å². The van der Waals surface area contributed by atoms with Crippen molar-refractivity contribution in [3.63, 3.8) is 0 Å². The lowest BCUT2D eigenvalue weighted by Crippen LogP contribution is -2.17. The average Bonchev–Trinajstić information content (AvgIpc) is 2.88. The number of halogens is 1. The van der Waals surface area contributed by atoms with Gasteiger partial charge in [-0.3, -0.25) is 4.79 Å². The van der Waals surface area contributed by atoms with E-state index in [9.17, 15) is 4.79 Å². The van der Waals surface area contributed by atoms with Gasteiger partial charge < -0.3 is 4.74 Å². The molecule has 2 rings (SSSR count). The fourth-order valence-corrected chi connectivity index (χ4v) is 3.22. The zero-order valence-electron chi connectivity index (χ0n) is 12.4. The standard InChI is InChI=1S/C15H17BrN2O2S/c1-15(2,3)14-13(21-18-17-14)11(19)8-9-7-10(16)5-6-12(9)20-4/h5-7H,8H2,1-4H3. The van der Waals surface area contributed by atoms with Crippen molar-refractivity contribution in [3.05, 3.63) is 38.8 Å². The molecule has 0 bridgehead atoms. The first-order chi connectivity index (χ1) is 9.82. The molecule has 0 radical (unpaired) electrons. The third kappa shape index (κ3) is 3.68. The second kappa shape index (κ2) is 6.23. The van der Waals surface area contributed by atoms with Gasteiger partial charge in [-0.1, -0.05) is 41.2 Å². The minimum atomic E-state index is -0.195. The fourth-order valence-electron chi connectivity index (χ4n) is 2.00. The van der Waals surface area contributed by atoms with Crippen molar-refractivity contribution in [2.24, 2.45) is 0 Å². The highest BCUT2D eigenvalue weighted by atomic mass is 79.9. The molecule has 2 aromatic rings. The number of nitrogens with zero attached hydrogens (tertiary/aromatic N) is 2. The summed E-state index contributed by atoms with van der Waals surface area (Å²) in [6.45, 7) is 6.08. The van der Waals surface area contributed by atoms with Crippen molar-refractivity contribution in [1.29, 1.82) is 0 Å². The molecule has 112 valence electrons. The Morgan fingerprint density at radius 1 is 1.38 bits per heavy atom. The summed E-state index contributed by atoms with van der Waals surface area (Å²) in [7, 11) is 1.60. The molecule has 0 amide bonds. The quantitative estimate of drug-likeness (QED) is 0.764. The number of aromatic nitrogens is 2. The van der Waals surface area contributed by atoms with E-state index in [2.05, 4.69) is 25.5 Å². The number of hydrogen-bond acceptors (Lipinski definition) is 5. The van der Waals surface area contributed by atoms with Crippen LogP contribution in [-0.4, -0.2) is 22.5 Å². The van der Waals surface area contributed by atoms with Crippen molar-refractivity contribution in [3.8, 4) is 5.75 Å². The second-order valence-electron chi connectivity index (χ2n) is 5.76. The number of hydrogen-bond donors (Lipinski definition) is 0. The van der Waals surface area contributed by atoms with Gasteiger partial charge in [0.25, 0.3) is 0 Å². The summed E-state index contributed by atoms with van der Waals surface area (Å²) in [6, 6.07) is 5.64. The van der Waals surface area contributed by atoms with E-state index >= 15 is 0 Å². The summed E-state index contributed by atoms with van der Waals surface area (Å²) >= 11 is 4.58. The van der Waals surface area contributed by atoms with Gasteiger partial charge >= 0.3 is 0 Å². The Hall–Kier alpha value is -1.27. The number of ether oxygens (including phenoxy) is 1. The number of benzene rings is 1. The zero-order chi connectivity index (χ0) is 15.6. The maximum Gasteiger partial charge on any atom is 0.180 e. The average molecular weight is 369 g/mol. The highest BCUT2D eigenvalue weighted by Crippen LogP contribution is 2.29. The Morgan fingerprint density at radius 3 is 2.71 bits per heavy atom. The first kappa shape index (κ1) is 16.1. The molecule has 0 saturated carbocycles. The molecule has 0 spiro atoms. The summed E-state index contributed by atoms with van der Waals surface area (Å²) in [4.78, 5) is 13.2. The lowest BCUT2D eigenvalue weighted by atomic mass is 9.90.